The predicted molar refractivity (Wildman–Crippen MR) is 129 cm³/mol. The summed E-state index contributed by atoms with van der Waals surface area (Å²) >= 11 is 6.19. The van der Waals surface area contributed by atoms with Gasteiger partial charge in [0.1, 0.15) is 11.9 Å². The fourth-order valence-electron chi connectivity index (χ4n) is 3.67. The van der Waals surface area contributed by atoms with Crippen molar-refractivity contribution in [2.45, 2.75) is 45.3 Å². The summed E-state index contributed by atoms with van der Waals surface area (Å²) in [5.41, 5.74) is 1.93. The van der Waals surface area contributed by atoms with Gasteiger partial charge < -0.3 is 10.2 Å². The van der Waals surface area contributed by atoms with Crippen LogP contribution < -0.4 is 5.32 Å². The van der Waals surface area contributed by atoms with Crippen molar-refractivity contribution in [2.24, 2.45) is 0 Å². The lowest BCUT2D eigenvalue weighted by molar-refractivity contribution is -0.141. The van der Waals surface area contributed by atoms with Crippen LogP contribution in [0.25, 0.3) is 0 Å². The smallest absolute Gasteiger partial charge is 0.243 e. The highest BCUT2D eigenvalue weighted by molar-refractivity contribution is 6.31. The summed E-state index contributed by atoms with van der Waals surface area (Å²) in [6.07, 6.45) is 0.0988. The minimum Gasteiger partial charge on any atom is -0.352 e. The third-order valence-electron chi connectivity index (χ3n) is 5.29. The van der Waals surface area contributed by atoms with Gasteiger partial charge in [-0.3, -0.25) is 9.59 Å². The van der Waals surface area contributed by atoms with E-state index in [2.05, 4.69) is 5.32 Å². The van der Waals surface area contributed by atoms with Crippen molar-refractivity contribution in [1.82, 2.24) is 10.2 Å². The predicted octanol–water partition coefficient (Wildman–Crippen LogP) is 5.19. The van der Waals surface area contributed by atoms with Gasteiger partial charge in [-0.05, 0) is 37.1 Å². The Morgan fingerprint density at radius 3 is 2.09 bits per heavy atom. The highest BCUT2D eigenvalue weighted by Crippen LogP contribution is 2.22. The highest BCUT2D eigenvalue weighted by Gasteiger charge is 2.31. The molecule has 33 heavy (non-hydrogen) atoms. The van der Waals surface area contributed by atoms with E-state index in [1.165, 1.54) is 17.0 Å². The Morgan fingerprint density at radius 1 is 0.909 bits per heavy atom. The van der Waals surface area contributed by atoms with Crippen molar-refractivity contribution in [2.75, 3.05) is 0 Å². The molecule has 0 spiro atoms. The zero-order chi connectivity index (χ0) is 23.8. The molecule has 6 heteroatoms. The molecule has 0 aliphatic rings. The molecule has 0 saturated carbocycles. The Kier molecular flexibility index (Phi) is 8.61. The van der Waals surface area contributed by atoms with Gasteiger partial charge in [0.15, 0.2) is 0 Å². The topological polar surface area (TPSA) is 49.4 Å². The van der Waals surface area contributed by atoms with Crippen LogP contribution >= 0.6 is 11.6 Å². The van der Waals surface area contributed by atoms with E-state index in [0.717, 1.165) is 11.1 Å². The Balaban J connectivity index is 1.99. The normalized spacial score (nSPS) is 11.8. The Bertz CT molecular complexity index is 1050. The van der Waals surface area contributed by atoms with Crippen molar-refractivity contribution < 1.29 is 14.0 Å². The molecule has 0 unspecified atom stereocenters. The van der Waals surface area contributed by atoms with Crippen molar-refractivity contribution in [3.05, 3.63) is 106 Å². The van der Waals surface area contributed by atoms with E-state index in [4.69, 9.17) is 11.6 Å². The first-order valence-electron chi connectivity index (χ1n) is 11.0. The van der Waals surface area contributed by atoms with Gasteiger partial charge in [-0.25, -0.2) is 4.39 Å². The lowest BCUT2D eigenvalue weighted by atomic mass is 10.0. The van der Waals surface area contributed by atoms with Crippen molar-refractivity contribution in [3.63, 3.8) is 0 Å². The number of hydrogen-bond acceptors (Lipinski definition) is 2. The monoisotopic (exact) mass is 466 g/mol. The van der Waals surface area contributed by atoms with Crippen LogP contribution in [0, 0.1) is 5.82 Å². The number of nitrogens with zero attached hydrogens (tertiary/aromatic N) is 1. The quantitative estimate of drug-likeness (QED) is 0.472. The SMILES string of the molecule is CC(C)NC(=O)[C@H](Cc1ccccc1)N(Cc1ccccc1)C(=O)Cc1c(F)cccc1Cl. The van der Waals surface area contributed by atoms with Crippen LogP contribution in [0.4, 0.5) is 4.39 Å². The number of halogens is 2. The maximum absolute atomic E-state index is 14.4. The van der Waals surface area contributed by atoms with Gasteiger partial charge in [0, 0.05) is 29.6 Å². The maximum atomic E-state index is 14.4. The van der Waals surface area contributed by atoms with Gasteiger partial charge in [-0.1, -0.05) is 78.3 Å². The molecule has 4 nitrogen and oxygen atoms in total. The Hall–Kier alpha value is -3.18. The molecular weight excluding hydrogens is 439 g/mol. The third-order valence-corrected chi connectivity index (χ3v) is 5.64. The third kappa shape index (κ3) is 6.90. The summed E-state index contributed by atoms with van der Waals surface area (Å²) in [5, 5.41) is 3.13. The minimum atomic E-state index is -0.770. The molecule has 0 heterocycles. The first kappa shape index (κ1) is 24.5. The molecule has 3 rings (SSSR count). The van der Waals surface area contributed by atoms with E-state index in [0.29, 0.717) is 6.42 Å². The van der Waals surface area contributed by atoms with Crippen LogP contribution in [0.15, 0.2) is 78.9 Å². The molecule has 0 saturated heterocycles. The van der Waals surface area contributed by atoms with Gasteiger partial charge >= 0.3 is 0 Å². The number of carbonyl (C=O) groups is 2. The molecule has 0 fully saturated rings. The maximum Gasteiger partial charge on any atom is 0.243 e. The van der Waals surface area contributed by atoms with Crippen molar-refractivity contribution >= 4 is 23.4 Å². The fraction of sp³-hybridized carbons (Fsp3) is 0.259. The zero-order valence-electron chi connectivity index (χ0n) is 18.8. The molecule has 1 N–H and O–H groups in total. The molecule has 172 valence electrons. The number of amides is 2. The number of nitrogens with one attached hydrogen (secondary N) is 1. The van der Waals surface area contributed by atoms with Crippen LogP contribution in [0.5, 0.6) is 0 Å². The first-order valence-corrected chi connectivity index (χ1v) is 11.3. The summed E-state index contributed by atoms with van der Waals surface area (Å²) < 4.78 is 14.4. The summed E-state index contributed by atoms with van der Waals surface area (Å²) in [4.78, 5) is 28.4. The lowest BCUT2D eigenvalue weighted by Gasteiger charge is -2.32. The van der Waals surface area contributed by atoms with Crippen LogP contribution in [-0.4, -0.2) is 28.8 Å². The van der Waals surface area contributed by atoms with Crippen molar-refractivity contribution in [1.29, 1.82) is 0 Å². The summed E-state index contributed by atoms with van der Waals surface area (Å²) in [5.74, 6) is -1.16. The van der Waals surface area contributed by atoms with E-state index >= 15 is 0 Å². The highest BCUT2D eigenvalue weighted by atomic mass is 35.5. The standard InChI is InChI=1S/C27H28ClFN2O2/c1-19(2)30-27(33)25(16-20-10-5-3-6-11-20)31(18-21-12-7-4-8-13-21)26(32)17-22-23(28)14-9-15-24(22)29/h3-15,19,25H,16-18H2,1-2H3,(H,30,33)/t25-/m0/s1. The molecule has 0 aromatic heterocycles. The van der Waals surface area contributed by atoms with Gasteiger partial charge in [-0.2, -0.15) is 0 Å². The average Bonchev–Trinajstić information content (AvgIpc) is 2.79. The molecule has 3 aromatic carbocycles. The number of hydrogen-bond donors (Lipinski definition) is 1. The van der Waals surface area contributed by atoms with E-state index < -0.39 is 11.9 Å². The van der Waals surface area contributed by atoms with Gasteiger partial charge in [0.05, 0.1) is 6.42 Å². The Morgan fingerprint density at radius 2 is 1.52 bits per heavy atom. The van der Waals surface area contributed by atoms with Crippen LogP contribution in [-0.2, 0) is 29.0 Å². The molecule has 3 aromatic rings. The summed E-state index contributed by atoms with van der Waals surface area (Å²) in [6.45, 7) is 3.97. The van der Waals surface area contributed by atoms with Gasteiger partial charge in [0.2, 0.25) is 11.8 Å². The minimum absolute atomic E-state index is 0.0922. The van der Waals surface area contributed by atoms with Crippen LogP contribution in [0.2, 0.25) is 5.02 Å². The molecule has 2 amide bonds. The summed E-state index contributed by atoms with van der Waals surface area (Å²) in [6, 6.07) is 22.5. The number of carbonyl (C=O) groups excluding carboxylic acids is 2. The second-order valence-corrected chi connectivity index (χ2v) is 8.66. The molecule has 1 atom stereocenters. The second kappa shape index (κ2) is 11.6. The largest absolute Gasteiger partial charge is 0.352 e. The second-order valence-electron chi connectivity index (χ2n) is 8.25. The van der Waals surface area contributed by atoms with Crippen LogP contribution in [0.3, 0.4) is 0 Å². The average molecular weight is 467 g/mol. The van der Waals surface area contributed by atoms with E-state index in [9.17, 15) is 14.0 Å². The number of rotatable bonds is 9. The molecule has 0 radical (unpaired) electrons. The molecular formula is C27H28ClFN2O2. The van der Waals surface area contributed by atoms with E-state index in [1.54, 1.807) is 6.07 Å². The fourth-order valence-corrected chi connectivity index (χ4v) is 3.90. The van der Waals surface area contributed by atoms with Crippen molar-refractivity contribution in [3.8, 4) is 0 Å². The number of benzene rings is 3. The Labute approximate surface area is 199 Å². The lowest BCUT2D eigenvalue weighted by Crippen LogP contribution is -2.52. The van der Waals surface area contributed by atoms with Gasteiger partial charge in [-0.15, -0.1) is 0 Å². The molecule has 0 bridgehead atoms. The molecule has 0 aliphatic heterocycles. The van der Waals surface area contributed by atoms with E-state index in [-0.39, 0.29) is 41.4 Å². The van der Waals surface area contributed by atoms with E-state index in [1.807, 2.05) is 74.5 Å². The first-order chi connectivity index (χ1) is 15.8. The summed E-state index contributed by atoms with van der Waals surface area (Å²) in [7, 11) is 0. The van der Waals surface area contributed by atoms with Gasteiger partial charge in [0.25, 0.3) is 0 Å². The zero-order valence-corrected chi connectivity index (χ0v) is 19.6. The van der Waals surface area contributed by atoms with Crippen LogP contribution in [0.1, 0.15) is 30.5 Å². The molecule has 0 aliphatic carbocycles.